The molecular formula is C11H10F3N3O. The monoisotopic (exact) mass is 257 g/mol. The van der Waals surface area contributed by atoms with E-state index in [2.05, 4.69) is 10.2 Å². The number of carbonyl (C=O) groups is 1. The molecule has 3 N–H and O–H groups in total. The van der Waals surface area contributed by atoms with Gasteiger partial charge >= 0.3 is 6.18 Å². The van der Waals surface area contributed by atoms with E-state index in [9.17, 15) is 18.0 Å². The molecule has 1 aromatic heterocycles. The van der Waals surface area contributed by atoms with Gasteiger partial charge in [-0.1, -0.05) is 0 Å². The second-order valence-corrected chi connectivity index (χ2v) is 3.98. The quantitative estimate of drug-likeness (QED) is 0.809. The van der Waals surface area contributed by atoms with Gasteiger partial charge < -0.3 is 5.73 Å². The number of rotatable bonds is 2. The summed E-state index contributed by atoms with van der Waals surface area (Å²) in [6, 6.07) is 2.30. The minimum Gasteiger partial charge on any atom is -0.321 e. The van der Waals surface area contributed by atoms with Crippen molar-refractivity contribution in [1.82, 2.24) is 10.2 Å². The highest BCUT2D eigenvalue weighted by Crippen LogP contribution is 2.31. The molecule has 0 saturated carbocycles. The number of benzene rings is 1. The Labute approximate surface area is 100.0 Å². The number of ketones is 1. The molecule has 4 nitrogen and oxygen atoms in total. The van der Waals surface area contributed by atoms with E-state index in [1.54, 1.807) is 0 Å². The Kier molecular flexibility index (Phi) is 2.86. The van der Waals surface area contributed by atoms with Crippen molar-refractivity contribution in [3.8, 4) is 0 Å². The van der Waals surface area contributed by atoms with E-state index >= 15 is 0 Å². The van der Waals surface area contributed by atoms with Gasteiger partial charge in [-0.3, -0.25) is 9.89 Å². The van der Waals surface area contributed by atoms with Gasteiger partial charge in [-0.2, -0.15) is 18.3 Å². The normalized spacial score (nSPS) is 13.8. The van der Waals surface area contributed by atoms with Crippen LogP contribution >= 0.6 is 0 Å². The Balaban J connectivity index is 2.54. The van der Waals surface area contributed by atoms with Gasteiger partial charge in [-0.05, 0) is 25.1 Å². The molecule has 18 heavy (non-hydrogen) atoms. The van der Waals surface area contributed by atoms with Crippen molar-refractivity contribution in [2.24, 2.45) is 5.73 Å². The van der Waals surface area contributed by atoms with E-state index in [0.717, 1.165) is 12.1 Å². The number of nitrogens with one attached hydrogen (secondary N) is 1. The van der Waals surface area contributed by atoms with E-state index in [1.165, 1.54) is 13.0 Å². The third-order valence-corrected chi connectivity index (χ3v) is 2.54. The maximum absolute atomic E-state index is 12.5. The van der Waals surface area contributed by atoms with Gasteiger partial charge in [0.2, 0.25) is 0 Å². The number of Topliss-reactive ketones (excluding diaryl/α,β-unsaturated/α-hetero) is 1. The number of carbonyl (C=O) groups excluding carboxylic acids is 1. The summed E-state index contributed by atoms with van der Waals surface area (Å²) in [5.74, 6) is -0.416. The van der Waals surface area contributed by atoms with Gasteiger partial charge in [-0.15, -0.1) is 0 Å². The molecule has 0 amide bonds. The molecule has 96 valence electrons. The lowest BCUT2D eigenvalue weighted by Crippen LogP contribution is -2.27. The summed E-state index contributed by atoms with van der Waals surface area (Å²) in [5, 5.41) is 6.47. The molecule has 1 heterocycles. The molecule has 0 aliphatic carbocycles. The number of halogens is 3. The SMILES string of the molecule is CC(N)C(=O)c1n[nH]c2cc(C(F)(F)F)ccc12. The Morgan fingerprint density at radius 1 is 1.44 bits per heavy atom. The van der Waals surface area contributed by atoms with Crippen LogP contribution in [-0.2, 0) is 6.18 Å². The van der Waals surface area contributed by atoms with Gasteiger partial charge in [0.25, 0.3) is 0 Å². The van der Waals surface area contributed by atoms with Crippen LogP contribution in [0.3, 0.4) is 0 Å². The number of nitrogens with zero attached hydrogens (tertiary/aromatic N) is 1. The molecule has 7 heteroatoms. The number of aromatic amines is 1. The van der Waals surface area contributed by atoms with Crippen molar-refractivity contribution in [3.63, 3.8) is 0 Å². The number of H-pyrrole nitrogens is 1. The average Bonchev–Trinajstić information content (AvgIpc) is 2.69. The molecule has 1 atom stereocenters. The van der Waals surface area contributed by atoms with Gasteiger partial charge in [0.05, 0.1) is 17.1 Å². The number of alkyl halides is 3. The van der Waals surface area contributed by atoms with Crippen LogP contribution in [0.25, 0.3) is 10.9 Å². The summed E-state index contributed by atoms with van der Waals surface area (Å²) in [4.78, 5) is 11.7. The fourth-order valence-electron chi connectivity index (χ4n) is 1.60. The summed E-state index contributed by atoms with van der Waals surface area (Å²) in [7, 11) is 0. The largest absolute Gasteiger partial charge is 0.416 e. The summed E-state index contributed by atoms with van der Waals surface area (Å²) in [6.07, 6.45) is -4.43. The smallest absolute Gasteiger partial charge is 0.321 e. The first-order chi connectivity index (χ1) is 8.30. The summed E-state index contributed by atoms with van der Waals surface area (Å²) in [6.45, 7) is 1.49. The molecule has 1 aromatic carbocycles. The van der Waals surface area contributed by atoms with Crippen LogP contribution in [0.1, 0.15) is 23.0 Å². The zero-order valence-corrected chi connectivity index (χ0v) is 9.38. The molecule has 0 bridgehead atoms. The number of hydrogen-bond acceptors (Lipinski definition) is 3. The molecule has 0 radical (unpaired) electrons. The average molecular weight is 257 g/mol. The van der Waals surface area contributed by atoms with Gasteiger partial charge in [0, 0.05) is 5.39 Å². The summed E-state index contributed by atoms with van der Waals surface area (Å²) < 4.78 is 37.5. The Hall–Kier alpha value is -1.89. The van der Waals surface area contributed by atoms with E-state index in [1.807, 2.05) is 0 Å². The Morgan fingerprint density at radius 3 is 2.67 bits per heavy atom. The summed E-state index contributed by atoms with van der Waals surface area (Å²) >= 11 is 0. The lowest BCUT2D eigenvalue weighted by atomic mass is 10.1. The standard InChI is InChI=1S/C11H10F3N3O/c1-5(15)10(18)9-7-3-2-6(11(12,13)14)4-8(7)16-17-9/h2-5H,15H2,1H3,(H,16,17). The van der Waals surface area contributed by atoms with Crippen LogP contribution < -0.4 is 5.73 Å². The molecular weight excluding hydrogens is 247 g/mol. The summed E-state index contributed by atoms with van der Waals surface area (Å²) in [5.41, 5.74) is 4.87. The van der Waals surface area contributed by atoms with Gasteiger partial charge in [0.15, 0.2) is 5.78 Å². The molecule has 0 saturated heterocycles. The Bertz CT molecular complexity index is 601. The number of nitrogens with two attached hydrogens (primary N) is 1. The van der Waals surface area contributed by atoms with Crippen LogP contribution in [0.2, 0.25) is 0 Å². The van der Waals surface area contributed by atoms with Crippen molar-refractivity contribution in [2.45, 2.75) is 19.1 Å². The number of aromatic nitrogens is 2. The maximum atomic E-state index is 12.5. The van der Waals surface area contributed by atoms with Crippen molar-refractivity contribution in [3.05, 3.63) is 29.5 Å². The van der Waals surface area contributed by atoms with Crippen molar-refractivity contribution in [2.75, 3.05) is 0 Å². The molecule has 2 rings (SSSR count). The molecule has 0 fully saturated rings. The topological polar surface area (TPSA) is 71.8 Å². The second-order valence-electron chi connectivity index (χ2n) is 3.98. The minimum atomic E-state index is -4.43. The van der Waals surface area contributed by atoms with Crippen molar-refractivity contribution < 1.29 is 18.0 Å². The molecule has 0 aliphatic rings. The first-order valence-electron chi connectivity index (χ1n) is 5.16. The van der Waals surface area contributed by atoms with Crippen molar-refractivity contribution in [1.29, 1.82) is 0 Å². The maximum Gasteiger partial charge on any atom is 0.416 e. The molecule has 1 unspecified atom stereocenters. The molecule has 0 aliphatic heterocycles. The fraction of sp³-hybridized carbons (Fsp3) is 0.273. The lowest BCUT2D eigenvalue weighted by molar-refractivity contribution is -0.137. The second kappa shape index (κ2) is 4.09. The Morgan fingerprint density at radius 2 is 2.11 bits per heavy atom. The fourth-order valence-corrected chi connectivity index (χ4v) is 1.60. The van der Waals surface area contributed by atoms with Crippen LogP contribution in [-0.4, -0.2) is 22.0 Å². The van der Waals surface area contributed by atoms with Crippen LogP contribution in [0.4, 0.5) is 13.2 Å². The minimum absolute atomic E-state index is 0.0636. The van der Waals surface area contributed by atoms with Crippen LogP contribution in [0.5, 0.6) is 0 Å². The number of hydrogen-bond donors (Lipinski definition) is 2. The lowest BCUT2D eigenvalue weighted by Gasteiger charge is -2.06. The third-order valence-electron chi connectivity index (χ3n) is 2.54. The van der Waals surface area contributed by atoms with E-state index < -0.39 is 23.6 Å². The van der Waals surface area contributed by atoms with Gasteiger partial charge in [-0.25, -0.2) is 0 Å². The van der Waals surface area contributed by atoms with Crippen molar-refractivity contribution >= 4 is 16.7 Å². The number of fused-ring (bicyclic) bond motifs is 1. The van der Waals surface area contributed by atoms with E-state index in [4.69, 9.17) is 5.73 Å². The highest BCUT2D eigenvalue weighted by molar-refractivity contribution is 6.08. The van der Waals surface area contributed by atoms with E-state index in [-0.39, 0.29) is 11.2 Å². The predicted octanol–water partition coefficient (Wildman–Crippen LogP) is 2.11. The molecule has 2 aromatic rings. The van der Waals surface area contributed by atoms with Crippen LogP contribution in [0.15, 0.2) is 18.2 Å². The first kappa shape index (κ1) is 12.6. The zero-order chi connectivity index (χ0) is 13.5. The highest BCUT2D eigenvalue weighted by Gasteiger charge is 2.31. The third kappa shape index (κ3) is 2.08. The highest BCUT2D eigenvalue weighted by atomic mass is 19.4. The molecule has 0 spiro atoms. The predicted molar refractivity (Wildman–Crippen MR) is 59.1 cm³/mol. The zero-order valence-electron chi connectivity index (χ0n) is 9.38. The van der Waals surface area contributed by atoms with Crippen LogP contribution in [0, 0.1) is 0 Å². The first-order valence-corrected chi connectivity index (χ1v) is 5.16. The van der Waals surface area contributed by atoms with E-state index in [0.29, 0.717) is 5.39 Å². The van der Waals surface area contributed by atoms with Gasteiger partial charge in [0.1, 0.15) is 5.69 Å².